The molecule has 0 bridgehead atoms. The Hall–Kier alpha value is -2.05. The van der Waals surface area contributed by atoms with E-state index < -0.39 is 0 Å². The van der Waals surface area contributed by atoms with Crippen molar-refractivity contribution in [3.05, 3.63) is 35.7 Å². The highest BCUT2D eigenvalue weighted by molar-refractivity contribution is 5.77. The Morgan fingerprint density at radius 1 is 1.11 bits per heavy atom. The first-order chi connectivity index (χ1) is 13.1. The van der Waals surface area contributed by atoms with E-state index in [1.807, 2.05) is 36.1 Å². The summed E-state index contributed by atoms with van der Waals surface area (Å²) in [6, 6.07) is 8.02. The van der Waals surface area contributed by atoms with Crippen LogP contribution in [0.2, 0.25) is 0 Å². The van der Waals surface area contributed by atoms with Gasteiger partial charge in [-0.05, 0) is 56.8 Å². The van der Waals surface area contributed by atoms with Crippen LogP contribution in [0.15, 0.2) is 24.3 Å². The molecular formula is C21H28N4O2. The predicted molar refractivity (Wildman–Crippen MR) is 104 cm³/mol. The molecule has 0 unspecified atom stereocenters. The van der Waals surface area contributed by atoms with Crippen molar-refractivity contribution in [2.45, 2.75) is 39.2 Å². The highest BCUT2D eigenvalue weighted by Crippen LogP contribution is 2.40. The van der Waals surface area contributed by atoms with Gasteiger partial charge in [0.15, 0.2) is 0 Å². The summed E-state index contributed by atoms with van der Waals surface area (Å²) in [4.78, 5) is 25.9. The average molecular weight is 368 g/mol. The van der Waals surface area contributed by atoms with Crippen LogP contribution in [0.25, 0.3) is 11.0 Å². The molecule has 1 aromatic carbocycles. The fourth-order valence-corrected chi connectivity index (χ4v) is 4.51. The third-order valence-corrected chi connectivity index (χ3v) is 6.25. The first-order valence-electron chi connectivity index (χ1n) is 9.92. The number of para-hydroxylation sites is 2. The van der Waals surface area contributed by atoms with Gasteiger partial charge in [0.05, 0.1) is 29.0 Å². The number of piperidine rings is 2. The largest absolute Gasteiger partial charge is 0.395 e. The smallest absolute Gasteiger partial charge is 0.222 e. The van der Waals surface area contributed by atoms with Gasteiger partial charge in [-0.15, -0.1) is 0 Å². The zero-order chi connectivity index (χ0) is 18.9. The lowest BCUT2D eigenvalue weighted by molar-refractivity contribution is -0.139. The van der Waals surface area contributed by atoms with Gasteiger partial charge in [0.25, 0.3) is 0 Å². The second-order valence-electron chi connectivity index (χ2n) is 8.06. The van der Waals surface area contributed by atoms with Gasteiger partial charge in [0.1, 0.15) is 0 Å². The summed E-state index contributed by atoms with van der Waals surface area (Å²) in [5.74, 6) is 0.194. The Morgan fingerprint density at radius 3 is 2.52 bits per heavy atom. The maximum absolute atomic E-state index is 12.0. The standard InChI is InChI=1S/C21H28N4O2/c1-16-19(23-18-5-3-2-4-17(18)22-16)14-24-10-8-21(9-11-24)7-6-20(27)25(15-21)12-13-26/h2-5,26H,6-15H2,1H3. The van der Waals surface area contributed by atoms with E-state index >= 15 is 0 Å². The topological polar surface area (TPSA) is 69.6 Å². The minimum Gasteiger partial charge on any atom is -0.395 e. The van der Waals surface area contributed by atoms with Gasteiger partial charge < -0.3 is 10.0 Å². The molecule has 0 radical (unpaired) electrons. The van der Waals surface area contributed by atoms with Crippen molar-refractivity contribution in [3.63, 3.8) is 0 Å². The molecular weight excluding hydrogens is 340 g/mol. The highest BCUT2D eigenvalue weighted by atomic mass is 16.3. The van der Waals surface area contributed by atoms with Crippen molar-refractivity contribution in [1.82, 2.24) is 19.8 Å². The molecule has 1 N–H and O–H groups in total. The average Bonchev–Trinajstić information content (AvgIpc) is 2.68. The molecule has 1 spiro atoms. The number of fused-ring (bicyclic) bond motifs is 1. The van der Waals surface area contributed by atoms with Crippen LogP contribution in [0.1, 0.15) is 37.1 Å². The first kappa shape index (κ1) is 18.3. The highest BCUT2D eigenvalue weighted by Gasteiger charge is 2.40. The molecule has 2 aliphatic heterocycles. The lowest BCUT2D eigenvalue weighted by Crippen LogP contribution is -2.52. The van der Waals surface area contributed by atoms with Crippen LogP contribution in [-0.4, -0.2) is 63.6 Å². The summed E-state index contributed by atoms with van der Waals surface area (Å²) in [5.41, 5.74) is 4.20. The van der Waals surface area contributed by atoms with E-state index in [-0.39, 0.29) is 17.9 Å². The van der Waals surface area contributed by atoms with Crippen LogP contribution >= 0.6 is 0 Å². The van der Waals surface area contributed by atoms with Gasteiger partial charge >= 0.3 is 0 Å². The number of aromatic nitrogens is 2. The van der Waals surface area contributed by atoms with Crippen molar-refractivity contribution in [2.75, 3.05) is 32.8 Å². The second-order valence-corrected chi connectivity index (χ2v) is 8.06. The maximum Gasteiger partial charge on any atom is 0.222 e. The number of aliphatic hydroxyl groups excluding tert-OH is 1. The Morgan fingerprint density at radius 2 is 1.81 bits per heavy atom. The fourth-order valence-electron chi connectivity index (χ4n) is 4.51. The Bertz CT molecular complexity index is 830. The second kappa shape index (κ2) is 7.52. The number of amides is 1. The van der Waals surface area contributed by atoms with Crippen LogP contribution in [0, 0.1) is 12.3 Å². The van der Waals surface area contributed by atoms with E-state index in [4.69, 9.17) is 9.97 Å². The molecule has 144 valence electrons. The number of hydrogen-bond acceptors (Lipinski definition) is 5. The third kappa shape index (κ3) is 3.82. The summed E-state index contributed by atoms with van der Waals surface area (Å²) in [6.45, 7) is 6.24. The van der Waals surface area contributed by atoms with Gasteiger partial charge in [-0.2, -0.15) is 0 Å². The Labute approximate surface area is 160 Å². The Balaban J connectivity index is 1.41. The van der Waals surface area contributed by atoms with Gasteiger partial charge in [0.2, 0.25) is 5.91 Å². The maximum atomic E-state index is 12.0. The fraction of sp³-hybridized carbons (Fsp3) is 0.571. The van der Waals surface area contributed by atoms with Crippen molar-refractivity contribution in [1.29, 1.82) is 0 Å². The van der Waals surface area contributed by atoms with Crippen molar-refractivity contribution >= 4 is 16.9 Å². The molecule has 6 heteroatoms. The number of aryl methyl sites for hydroxylation is 1. The quantitative estimate of drug-likeness (QED) is 0.895. The molecule has 2 fully saturated rings. The normalized spacial score (nSPS) is 20.5. The zero-order valence-corrected chi connectivity index (χ0v) is 16.0. The van der Waals surface area contributed by atoms with Gasteiger partial charge in [-0.3, -0.25) is 9.69 Å². The first-order valence-corrected chi connectivity index (χ1v) is 9.92. The van der Waals surface area contributed by atoms with Crippen molar-refractivity contribution in [3.8, 4) is 0 Å². The molecule has 1 aromatic heterocycles. The molecule has 2 aromatic rings. The molecule has 0 atom stereocenters. The molecule has 3 heterocycles. The number of carbonyl (C=O) groups excluding carboxylic acids is 1. The van der Waals surface area contributed by atoms with E-state index in [0.29, 0.717) is 13.0 Å². The van der Waals surface area contributed by atoms with Gasteiger partial charge in [-0.1, -0.05) is 12.1 Å². The number of β-amino-alcohol motifs (C(OH)–C–C–N with tert-alkyl or cyclic N) is 1. The number of hydrogen-bond donors (Lipinski definition) is 1. The molecule has 2 saturated heterocycles. The molecule has 27 heavy (non-hydrogen) atoms. The minimum absolute atomic E-state index is 0.0495. The number of benzene rings is 1. The zero-order valence-electron chi connectivity index (χ0n) is 16.0. The molecule has 4 rings (SSSR count). The number of carbonyl (C=O) groups is 1. The third-order valence-electron chi connectivity index (χ3n) is 6.25. The van der Waals surface area contributed by atoms with Gasteiger partial charge in [0, 0.05) is 26.1 Å². The number of nitrogens with zero attached hydrogens (tertiary/aromatic N) is 4. The van der Waals surface area contributed by atoms with Crippen molar-refractivity contribution in [2.24, 2.45) is 5.41 Å². The van der Waals surface area contributed by atoms with E-state index in [1.165, 1.54) is 0 Å². The van der Waals surface area contributed by atoms with Crippen LogP contribution in [-0.2, 0) is 11.3 Å². The van der Waals surface area contributed by atoms with E-state index in [9.17, 15) is 9.90 Å². The number of rotatable bonds is 4. The van der Waals surface area contributed by atoms with Gasteiger partial charge in [-0.25, -0.2) is 9.97 Å². The number of aliphatic hydroxyl groups is 1. The van der Waals surface area contributed by atoms with Crippen LogP contribution in [0.5, 0.6) is 0 Å². The number of likely N-dealkylation sites (tertiary alicyclic amines) is 2. The molecule has 6 nitrogen and oxygen atoms in total. The summed E-state index contributed by atoms with van der Waals surface area (Å²) >= 11 is 0. The molecule has 0 aliphatic carbocycles. The summed E-state index contributed by atoms with van der Waals surface area (Å²) < 4.78 is 0. The summed E-state index contributed by atoms with van der Waals surface area (Å²) in [6.07, 6.45) is 3.80. The van der Waals surface area contributed by atoms with Crippen LogP contribution in [0.3, 0.4) is 0 Å². The predicted octanol–water partition coefficient (Wildman–Crippen LogP) is 2.14. The lowest BCUT2D eigenvalue weighted by Gasteiger charge is -2.47. The minimum atomic E-state index is 0.0495. The van der Waals surface area contributed by atoms with Crippen LogP contribution in [0.4, 0.5) is 0 Å². The monoisotopic (exact) mass is 368 g/mol. The van der Waals surface area contributed by atoms with Crippen molar-refractivity contribution < 1.29 is 9.90 Å². The molecule has 0 saturated carbocycles. The van der Waals surface area contributed by atoms with E-state index in [0.717, 1.165) is 67.9 Å². The molecule has 1 amide bonds. The van der Waals surface area contributed by atoms with Crippen LogP contribution < -0.4 is 0 Å². The van der Waals surface area contributed by atoms with E-state index in [1.54, 1.807) is 0 Å². The lowest BCUT2D eigenvalue weighted by atomic mass is 9.72. The summed E-state index contributed by atoms with van der Waals surface area (Å²) in [7, 11) is 0. The van der Waals surface area contributed by atoms with E-state index in [2.05, 4.69) is 4.90 Å². The molecule has 2 aliphatic rings. The summed E-state index contributed by atoms with van der Waals surface area (Å²) in [5, 5.41) is 9.22. The SMILES string of the molecule is Cc1nc2ccccc2nc1CN1CCC2(CCC(=O)N(CCO)C2)CC1. The Kier molecular flexibility index (Phi) is 5.10.